The van der Waals surface area contributed by atoms with Gasteiger partial charge in [0, 0.05) is 23.0 Å². The lowest BCUT2D eigenvalue weighted by Crippen LogP contribution is -2.26. The van der Waals surface area contributed by atoms with Crippen LogP contribution in [0.3, 0.4) is 0 Å². The van der Waals surface area contributed by atoms with E-state index in [1.54, 1.807) is 19.2 Å². The van der Waals surface area contributed by atoms with E-state index in [0.29, 0.717) is 10.3 Å². The van der Waals surface area contributed by atoms with Gasteiger partial charge in [-0.1, -0.05) is 0 Å². The van der Waals surface area contributed by atoms with Crippen LogP contribution in [0.15, 0.2) is 26.3 Å². The second-order valence-corrected chi connectivity index (χ2v) is 8.83. The highest BCUT2D eigenvalue weighted by Gasteiger charge is 2.24. The van der Waals surface area contributed by atoms with Gasteiger partial charge in [0.1, 0.15) is 9.90 Å². The molecule has 2 heterocycles. The Labute approximate surface area is 128 Å². The van der Waals surface area contributed by atoms with E-state index in [9.17, 15) is 8.42 Å². The highest BCUT2D eigenvalue weighted by atomic mass is 79.9. The second kappa shape index (κ2) is 5.98. The largest absolute Gasteiger partial charge is 0.326 e. The number of sulfonamides is 1. The Bertz CT molecular complexity index is 652. The van der Waals surface area contributed by atoms with Crippen molar-refractivity contribution in [3.05, 3.63) is 31.3 Å². The molecule has 2 rings (SSSR count). The zero-order valence-electron chi connectivity index (χ0n) is 9.96. The fourth-order valence-electron chi connectivity index (χ4n) is 1.48. The van der Waals surface area contributed by atoms with E-state index < -0.39 is 10.0 Å². The van der Waals surface area contributed by atoms with Crippen molar-refractivity contribution in [1.29, 1.82) is 0 Å². The molecule has 0 aliphatic carbocycles. The van der Waals surface area contributed by atoms with Crippen LogP contribution in [-0.2, 0) is 16.6 Å². The maximum Gasteiger partial charge on any atom is 0.243 e. The topological polar surface area (TPSA) is 85.1 Å². The molecule has 0 radical (unpaired) electrons. The molecule has 9 heteroatoms. The SMILES string of the molecule is CC(NS(=O)(=O)c1cc(CN)sc1Br)c1nccs1. The molecule has 0 fully saturated rings. The van der Waals surface area contributed by atoms with Crippen LogP contribution in [0.5, 0.6) is 0 Å². The summed E-state index contributed by atoms with van der Waals surface area (Å²) in [6, 6.07) is 1.23. The third-order valence-electron chi connectivity index (χ3n) is 2.35. The van der Waals surface area contributed by atoms with Crippen molar-refractivity contribution in [2.45, 2.75) is 24.4 Å². The lowest BCUT2D eigenvalue weighted by atomic mass is 10.4. The van der Waals surface area contributed by atoms with Crippen LogP contribution in [0.25, 0.3) is 0 Å². The molecular formula is C10H12BrN3O2S3. The van der Waals surface area contributed by atoms with Crippen LogP contribution >= 0.6 is 38.6 Å². The van der Waals surface area contributed by atoms with Crippen molar-refractivity contribution < 1.29 is 8.42 Å². The number of thiazole rings is 1. The molecule has 0 aliphatic heterocycles. The third-order valence-corrected chi connectivity index (χ3v) is 7.12. The van der Waals surface area contributed by atoms with E-state index >= 15 is 0 Å². The molecule has 1 atom stereocenters. The first-order valence-corrected chi connectivity index (χ1v) is 9.31. The van der Waals surface area contributed by atoms with Crippen molar-refractivity contribution in [3.8, 4) is 0 Å². The molecule has 104 valence electrons. The minimum absolute atomic E-state index is 0.223. The minimum Gasteiger partial charge on any atom is -0.326 e. The van der Waals surface area contributed by atoms with E-state index in [2.05, 4.69) is 25.6 Å². The summed E-state index contributed by atoms with van der Waals surface area (Å²) in [4.78, 5) is 5.14. The summed E-state index contributed by atoms with van der Waals surface area (Å²) >= 11 is 6.00. The number of nitrogens with two attached hydrogens (primary N) is 1. The molecule has 2 aromatic heterocycles. The molecule has 0 aromatic carbocycles. The standard InChI is InChI=1S/C10H12BrN3O2S3/c1-6(10-13-2-3-17-10)14-19(15,16)8-4-7(5-12)18-9(8)11/h2-4,6,14H,5,12H2,1H3. The molecule has 3 N–H and O–H groups in total. The zero-order chi connectivity index (χ0) is 14.0. The lowest BCUT2D eigenvalue weighted by Gasteiger charge is -2.11. The van der Waals surface area contributed by atoms with E-state index in [0.717, 1.165) is 9.88 Å². The lowest BCUT2D eigenvalue weighted by molar-refractivity contribution is 0.566. The average Bonchev–Trinajstić information content (AvgIpc) is 2.96. The van der Waals surface area contributed by atoms with Crippen LogP contribution in [0.2, 0.25) is 0 Å². The molecule has 0 aliphatic rings. The number of halogens is 1. The van der Waals surface area contributed by atoms with E-state index in [-0.39, 0.29) is 10.9 Å². The molecule has 0 saturated heterocycles. The van der Waals surface area contributed by atoms with Crippen LogP contribution in [0.1, 0.15) is 22.9 Å². The summed E-state index contributed by atoms with van der Waals surface area (Å²) in [5.74, 6) is 0. The van der Waals surface area contributed by atoms with E-state index in [1.165, 1.54) is 22.7 Å². The number of aromatic nitrogens is 1. The molecule has 19 heavy (non-hydrogen) atoms. The Hall–Kier alpha value is -0.320. The molecule has 0 spiro atoms. The van der Waals surface area contributed by atoms with Crippen molar-refractivity contribution >= 4 is 48.6 Å². The monoisotopic (exact) mass is 381 g/mol. The molecule has 2 aromatic rings. The normalized spacial score (nSPS) is 13.6. The molecule has 0 bridgehead atoms. The van der Waals surface area contributed by atoms with Crippen molar-refractivity contribution in [2.24, 2.45) is 5.73 Å². The van der Waals surface area contributed by atoms with Gasteiger partial charge in [0.15, 0.2) is 0 Å². The van der Waals surface area contributed by atoms with E-state index in [4.69, 9.17) is 5.73 Å². The Morgan fingerprint density at radius 1 is 1.58 bits per heavy atom. The Balaban J connectivity index is 2.25. The predicted octanol–water partition coefficient (Wildman–Crippen LogP) is 2.47. The molecule has 5 nitrogen and oxygen atoms in total. The van der Waals surface area contributed by atoms with Crippen molar-refractivity contribution in [1.82, 2.24) is 9.71 Å². The predicted molar refractivity (Wildman–Crippen MR) is 80.8 cm³/mol. The first-order chi connectivity index (χ1) is 8.94. The number of hydrogen-bond acceptors (Lipinski definition) is 6. The summed E-state index contributed by atoms with van der Waals surface area (Å²) < 4.78 is 27.7. The van der Waals surface area contributed by atoms with Crippen LogP contribution < -0.4 is 10.5 Å². The van der Waals surface area contributed by atoms with Crippen LogP contribution in [0.4, 0.5) is 0 Å². The van der Waals surface area contributed by atoms with Gasteiger partial charge >= 0.3 is 0 Å². The van der Waals surface area contributed by atoms with Gasteiger partial charge < -0.3 is 5.73 Å². The quantitative estimate of drug-likeness (QED) is 0.832. The fraction of sp³-hybridized carbons (Fsp3) is 0.300. The van der Waals surface area contributed by atoms with Crippen LogP contribution in [0, 0.1) is 0 Å². The van der Waals surface area contributed by atoms with Crippen LogP contribution in [-0.4, -0.2) is 13.4 Å². The van der Waals surface area contributed by atoms with Gasteiger partial charge in [-0.05, 0) is 28.9 Å². The molecule has 0 amide bonds. The summed E-state index contributed by atoms with van der Waals surface area (Å²) in [6.45, 7) is 2.08. The Morgan fingerprint density at radius 2 is 2.32 bits per heavy atom. The van der Waals surface area contributed by atoms with Gasteiger partial charge in [-0.2, -0.15) is 0 Å². The van der Waals surface area contributed by atoms with Gasteiger partial charge in [0.2, 0.25) is 10.0 Å². The number of rotatable bonds is 5. The summed E-state index contributed by atoms with van der Waals surface area (Å²) in [5, 5.41) is 2.54. The number of nitrogens with zero attached hydrogens (tertiary/aromatic N) is 1. The molecule has 1 unspecified atom stereocenters. The Kier molecular flexibility index (Phi) is 4.75. The van der Waals surface area contributed by atoms with Gasteiger partial charge in [0.05, 0.1) is 9.83 Å². The Morgan fingerprint density at radius 3 is 2.84 bits per heavy atom. The van der Waals surface area contributed by atoms with Crippen molar-refractivity contribution in [2.75, 3.05) is 0 Å². The first kappa shape index (κ1) is 15.1. The smallest absolute Gasteiger partial charge is 0.243 e. The summed E-state index contributed by atoms with van der Waals surface area (Å²) in [5.41, 5.74) is 5.52. The van der Waals surface area contributed by atoms with Gasteiger partial charge in [-0.15, -0.1) is 22.7 Å². The number of hydrogen-bond donors (Lipinski definition) is 2. The average molecular weight is 382 g/mol. The maximum atomic E-state index is 12.3. The first-order valence-electron chi connectivity index (χ1n) is 5.34. The maximum absolute atomic E-state index is 12.3. The second-order valence-electron chi connectivity index (χ2n) is 3.77. The fourth-order valence-corrected chi connectivity index (χ4v) is 5.97. The summed E-state index contributed by atoms with van der Waals surface area (Å²) in [7, 11) is -3.58. The van der Waals surface area contributed by atoms with Gasteiger partial charge in [-0.25, -0.2) is 18.1 Å². The zero-order valence-corrected chi connectivity index (χ0v) is 14.0. The van der Waals surface area contributed by atoms with E-state index in [1.807, 2.05) is 5.38 Å². The highest BCUT2D eigenvalue weighted by Crippen LogP contribution is 2.32. The number of nitrogens with one attached hydrogen (secondary N) is 1. The van der Waals surface area contributed by atoms with Gasteiger partial charge in [0.25, 0.3) is 0 Å². The minimum atomic E-state index is -3.58. The molecular weight excluding hydrogens is 370 g/mol. The number of thiophene rings is 1. The summed E-state index contributed by atoms with van der Waals surface area (Å²) in [6.07, 6.45) is 1.65. The third kappa shape index (κ3) is 3.41. The molecule has 0 saturated carbocycles. The van der Waals surface area contributed by atoms with Crippen molar-refractivity contribution in [3.63, 3.8) is 0 Å². The van der Waals surface area contributed by atoms with Gasteiger partial charge in [-0.3, -0.25) is 0 Å². The highest BCUT2D eigenvalue weighted by molar-refractivity contribution is 9.11.